The summed E-state index contributed by atoms with van der Waals surface area (Å²) in [5, 5.41) is 4.04. The molecular weight excluding hydrogens is 416 g/mol. The molecule has 2 aliphatic rings. The van der Waals surface area contributed by atoms with Gasteiger partial charge in [0.15, 0.2) is 5.69 Å². The minimum Gasteiger partial charge on any atom is -0.457 e. The third-order valence-electron chi connectivity index (χ3n) is 6.39. The van der Waals surface area contributed by atoms with Crippen LogP contribution in [0.3, 0.4) is 0 Å². The van der Waals surface area contributed by atoms with Crippen LogP contribution in [0.4, 0.5) is 5.69 Å². The average Bonchev–Trinajstić information content (AvgIpc) is 3.55. The summed E-state index contributed by atoms with van der Waals surface area (Å²) >= 11 is 0. The first-order chi connectivity index (χ1) is 16.0. The Morgan fingerprint density at radius 3 is 2.58 bits per heavy atom. The van der Waals surface area contributed by atoms with Crippen LogP contribution in [0.25, 0.3) is 0 Å². The number of amides is 1. The summed E-state index contributed by atoms with van der Waals surface area (Å²) in [5.74, 6) is 2.95. The fourth-order valence-electron chi connectivity index (χ4n) is 4.39. The second-order valence-corrected chi connectivity index (χ2v) is 9.34. The van der Waals surface area contributed by atoms with Crippen LogP contribution in [-0.2, 0) is 0 Å². The van der Waals surface area contributed by atoms with Crippen molar-refractivity contribution in [2.24, 2.45) is 0 Å². The zero-order chi connectivity index (χ0) is 22.9. The van der Waals surface area contributed by atoms with Crippen LogP contribution in [0.5, 0.6) is 11.5 Å². The molecular formula is C26H30N4O3. The van der Waals surface area contributed by atoms with Crippen molar-refractivity contribution in [2.75, 3.05) is 32.1 Å². The molecule has 2 aromatic heterocycles. The first kappa shape index (κ1) is 21.5. The van der Waals surface area contributed by atoms with E-state index in [9.17, 15) is 4.79 Å². The quantitative estimate of drug-likeness (QED) is 0.523. The molecule has 3 heterocycles. The van der Waals surface area contributed by atoms with Crippen LogP contribution in [0.1, 0.15) is 65.2 Å². The molecule has 1 atom stereocenters. The van der Waals surface area contributed by atoms with Gasteiger partial charge in [-0.25, -0.2) is 0 Å². The summed E-state index contributed by atoms with van der Waals surface area (Å²) < 4.78 is 11.5. The molecule has 5 rings (SSSR count). The number of ether oxygens (including phenoxy) is 1. The highest BCUT2D eigenvalue weighted by Crippen LogP contribution is 2.40. The molecule has 3 aromatic rings. The number of aryl methyl sites for hydroxylation is 1. The Bertz CT molecular complexity index is 1130. The second-order valence-electron chi connectivity index (χ2n) is 9.34. The van der Waals surface area contributed by atoms with Crippen molar-refractivity contribution in [1.29, 1.82) is 0 Å². The van der Waals surface area contributed by atoms with Gasteiger partial charge >= 0.3 is 0 Å². The van der Waals surface area contributed by atoms with Crippen LogP contribution < -0.4 is 9.64 Å². The van der Waals surface area contributed by atoms with Crippen LogP contribution >= 0.6 is 0 Å². The van der Waals surface area contributed by atoms with Crippen molar-refractivity contribution in [2.45, 2.75) is 44.4 Å². The largest absolute Gasteiger partial charge is 0.457 e. The maximum absolute atomic E-state index is 13.0. The van der Waals surface area contributed by atoms with E-state index in [4.69, 9.17) is 14.2 Å². The van der Waals surface area contributed by atoms with Gasteiger partial charge in [0.2, 0.25) is 0 Å². The first-order valence-electron chi connectivity index (χ1n) is 11.7. The van der Waals surface area contributed by atoms with Gasteiger partial charge in [-0.15, -0.1) is 0 Å². The van der Waals surface area contributed by atoms with Gasteiger partial charge in [0.05, 0.1) is 0 Å². The fourth-order valence-corrected chi connectivity index (χ4v) is 4.39. The second kappa shape index (κ2) is 8.89. The molecule has 0 spiro atoms. The van der Waals surface area contributed by atoms with E-state index in [0.29, 0.717) is 18.2 Å². The van der Waals surface area contributed by atoms with Gasteiger partial charge < -0.3 is 19.1 Å². The van der Waals surface area contributed by atoms with Gasteiger partial charge in [0.1, 0.15) is 17.3 Å². The zero-order valence-electron chi connectivity index (χ0n) is 19.5. The molecule has 1 amide bonds. The Morgan fingerprint density at radius 2 is 1.85 bits per heavy atom. The SMILES string of the molecule is Cc1cc(Oc2ccc(N(C)C)cc2)cc([C@H]2CCCN(C(=O)c3cc(C4CC4)on3)C2)n1. The number of carbonyl (C=O) groups excluding carboxylic acids is 1. The molecule has 0 bridgehead atoms. The molecule has 0 radical (unpaired) electrons. The number of hydrogen-bond acceptors (Lipinski definition) is 6. The van der Waals surface area contributed by atoms with E-state index in [0.717, 1.165) is 66.6 Å². The number of carbonyl (C=O) groups is 1. The number of nitrogens with zero attached hydrogens (tertiary/aromatic N) is 4. The van der Waals surface area contributed by atoms with Crippen molar-refractivity contribution in [1.82, 2.24) is 15.0 Å². The molecule has 1 saturated heterocycles. The number of hydrogen-bond donors (Lipinski definition) is 0. The lowest BCUT2D eigenvalue weighted by Gasteiger charge is -2.32. The molecule has 1 aliphatic carbocycles. The van der Waals surface area contributed by atoms with Crippen molar-refractivity contribution in [3.63, 3.8) is 0 Å². The van der Waals surface area contributed by atoms with E-state index in [-0.39, 0.29) is 11.8 Å². The minimum absolute atomic E-state index is 0.0551. The summed E-state index contributed by atoms with van der Waals surface area (Å²) in [5.41, 5.74) is 3.41. The summed E-state index contributed by atoms with van der Waals surface area (Å²) in [6.07, 6.45) is 4.17. The number of piperidine rings is 1. The molecule has 0 unspecified atom stereocenters. The van der Waals surface area contributed by atoms with Gasteiger partial charge in [-0.1, -0.05) is 5.16 Å². The zero-order valence-corrected chi connectivity index (χ0v) is 19.5. The van der Waals surface area contributed by atoms with E-state index in [1.165, 1.54) is 0 Å². The molecule has 1 aliphatic heterocycles. The third kappa shape index (κ3) is 4.87. The predicted octanol–water partition coefficient (Wildman–Crippen LogP) is 5.13. The van der Waals surface area contributed by atoms with Gasteiger partial charge in [-0.2, -0.15) is 0 Å². The topological polar surface area (TPSA) is 71.7 Å². The van der Waals surface area contributed by atoms with Crippen LogP contribution in [0.15, 0.2) is 47.0 Å². The number of anilines is 1. The Kier molecular flexibility index (Phi) is 5.79. The lowest BCUT2D eigenvalue weighted by atomic mass is 9.93. The standard InChI is InChI=1S/C26H30N4O3/c1-17-13-22(32-21-10-8-20(9-11-21)29(2)3)14-23(27-17)19-5-4-12-30(16-19)26(31)24-15-25(33-28-24)18-6-7-18/h8-11,13-15,18-19H,4-7,12,16H2,1-3H3/t19-/m0/s1. The first-order valence-corrected chi connectivity index (χ1v) is 11.7. The summed E-state index contributed by atoms with van der Waals surface area (Å²) in [6.45, 7) is 3.33. The normalized spacial score (nSPS) is 18.3. The maximum atomic E-state index is 13.0. The van der Waals surface area contributed by atoms with Crippen LogP contribution in [0.2, 0.25) is 0 Å². The van der Waals surface area contributed by atoms with E-state index in [1.54, 1.807) is 0 Å². The van der Waals surface area contributed by atoms with E-state index in [1.807, 2.05) is 68.4 Å². The van der Waals surface area contributed by atoms with Gasteiger partial charge in [0.25, 0.3) is 5.91 Å². The Balaban J connectivity index is 1.29. The minimum atomic E-state index is -0.0551. The predicted molar refractivity (Wildman–Crippen MR) is 126 cm³/mol. The molecule has 172 valence electrons. The molecule has 2 fully saturated rings. The lowest BCUT2D eigenvalue weighted by molar-refractivity contribution is 0.0695. The number of rotatable bonds is 6. The highest BCUT2D eigenvalue weighted by Gasteiger charge is 2.32. The van der Waals surface area contributed by atoms with Gasteiger partial charge in [0, 0.05) is 74.3 Å². The fraction of sp³-hybridized carbons (Fsp3) is 0.423. The van der Waals surface area contributed by atoms with Crippen molar-refractivity contribution in [3.05, 3.63) is 65.3 Å². The van der Waals surface area contributed by atoms with E-state index < -0.39 is 0 Å². The molecule has 7 heteroatoms. The van der Waals surface area contributed by atoms with Crippen LogP contribution in [0, 0.1) is 6.92 Å². The lowest BCUT2D eigenvalue weighted by Crippen LogP contribution is -2.39. The average molecular weight is 447 g/mol. The molecule has 7 nitrogen and oxygen atoms in total. The molecule has 0 N–H and O–H groups in total. The van der Waals surface area contributed by atoms with Gasteiger partial charge in [-0.05, 0) is 56.9 Å². The van der Waals surface area contributed by atoms with E-state index >= 15 is 0 Å². The Morgan fingerprint density at radius 1 is 1.06 bits per heavy atom. The monoisotopic (exact) mass is 446 g/mol. The molecule has 1 aromatic carbocycles. The number of benzene rings is 1. The Labute approximate surface area is 194 Å². The summed E-state index contributed by atoms with van der Waals surface area (Å²) in [7, 11) is 4.03. The smallest absolute Gasteiger partial charge is 0.276 e. The number of pyridine rings is 1. The third-order valence-corrected chi connectivity index (χ3v) is 6.39. The molecule has 1 saturated carbocycles. The van der Waals surface area contributed by atoms with Crippen LogP contribution in [-0.4, -0.2) is 48.1 Å². The highest BCUT2D eigenvalue weighted by atomic mass is 16.5. The number of aromatic nitrogens is 2. The summed E-state index contributed by atoms with van der Waals surface area (Å²) in [4.78, 5) is 21.8. The number of likely N-dealkylation sites (tertiary alicyclic amines) is 1. The van der Waals surface area contributed by atoms with Crippen molar-refractivity contribution >= 4 is 11.6 Å². The molecule has 33 heavy (non-hydrogen) atoms. The van der Waals surface area contributed by atoms with Crippen molar-refractivity contribution in [3.8, 4) is 11.5 Å². The summed E-state index contributed by atoms with van der Waals surface area (Å²) in [6, 6.07) is 13.8. The van der Waals surface area contributed by atoms with E-state index in [2.05, 4.69) is 10.1 Å². The van der Waals surface area contributed by atoms with Gasteiger partial charge in [-0.3, -0.25) is 9.78 Å². The Hall–Kier alpha value is -3.35. The maximum Gasteiger partial charge on any atom is 0.276 e. The highest BCUT2D eigenvalue weighted by molar-refractivity contribution is 5.92. The van der Waals surface area contributed by atoms with Crippen molar-refractivity contribution < 1.29 is 14.1 Å².